The van der Waals surface area contributed by atoms with E-state index in [0.29, 0.717) is 10.8 Å². The van der Waals surface area contributed by atoms with Crippen molar-refractivity contribution in [1.82, 2.24) is 0 Å². The molecule has 0 fully saturated rings. The molecule has 147 valence electrons. The second-order valence-corrected chi connectivity index (χ2v) is 9.53. The summed E-state index contributed by atoms with van der Waals surface area (Å²) in [5.41, 5.74) is 1.02. The van der Waals surface area contributed by atoms with Crippen molar-refractivity contribution in [2.24, 2.45) is 22.7 Å². The Kier molecular flexibility index (Phi) is 18.3. The van der Waals surface area contributed by atoms with Gasteiger partial charge in [-0.25, -0.2) is 0 Å². The van der Waals surface area contributed by atoms with Crippen LogP contribution in [0.1, 0.15) is 121 Å². The average Bonchev–Trinajstić information content (AvgIpc) is 2.37. The van der Waals surface area contributed by atoms with Crippen molar-refractivity contribution < 1.29 is 17.1 Å². The molecule has 0 N–H and O–H groups in total. The molecule has 0 aliphatic heterocycles. The smallest absolute Gasteiger partial charge is 0 e. The van der Waals surface area contributed by atoms with Crippen molar-refractivity contribution in [1.29, 1.82) is 0 Å². The number of hydrogen-bond acceptors (Lipinski definition) is 0. The minimum atomic E-state index is 0. The van der Waals surface area contributed by atoms with Crippen LogP contribution in [0.4, 0.5) is 0 Å². The van der Waals surface area contributed by atoms with E-state index in [2.05, 4.69) is 69.2 Å². The third kappa shape index (κ3) is 18.7. The van der Waals surface area contributed by atoms with Crippen LogP contribution in [-0.4, -0.2) is 0 Å². The average molecular weight is 376 g/mol. The van der Waals surface area contributed by atoms with Crippen LogP contribution >= 0.6 is 0 Å². The van der Waals surface area contributed by atoms with Crippen molar-refractivity contribution in [2.45, 2.75) is 121 Å². The molecule has 0 saturated carbocycles. The van der Waals surface area contributed by atoms with Gasteiger partial charge in [0.1, 0.15) is 0 Å². The van der Waals surface area contributed by atoms with Gasteiger partial charge in [-0.2, -0.15) is 0 Å². The van der Waals surface area contributed by atoms with Crippen LogP contribution in [0.3, 0.4) is 0 Å². The molecular weight excluding hydrogens is 328 g/mol. The standard InChI is InChI=1S/2C11H24.Cu/c2*1-6-7-8-9-10(2)11(3,4)5;/h2*10H,6-9H2,1-5H3;. The molecule has 23 heavy (non-hydrogen) atoms. The van der Waals surface area contributed by atoms with Crippen molar-refractivity contribution in [3.63, 3.8) is 0 Å². The second-order valence-electron chi connectivity index (χ2n) is 9.53. The minimum Gasteiger partial charge on any atom is -0.0654 e. The van der Waals surface area contributed by atoms with Crippen LogP contribution in [0.15, 0.2) is 0 Å². The molecule has 0 nitrogen and oxygen atoms in total. The van der Waals surface area contributed by atoms with Gasteiger partial charge in [0.15, 0.2) is 0 Å². The molecule has 2 unspecified atom stereocenters. The predicted octanol–water partition coefficient (Wildman–Crippen LogP) is 8.50. The van der Waals surface area contributed by atoms with Crippen LogP contribution in [0, 0.1) is 22.7 Å². The van der Waals surface area contributed by atoms with Gasteiger partial charge in [0.05, 0.1) is 0 Å². The fraction of sp³-hybridized carbons (Fsp3) is 1.00. The summed E-state index contributed by atoms with van der Waals surface area (Å²) >= 11 is 0. The topological polar surface area (TPSA) is 0 Å². The van der Waals surface area contributed by atoms with E-state index in [9.17, 15) is 0 Å². The molecule has 0 amide bonds. The van der Waals surface area contributed by atoms with Gasteiger partial charge < -0.3 is 0 Å². The van der Waals surface area contributed by atoms with E-state index in [1.165, 1.54) is 51.4 Å². The molecule has 0 saturated heterocycles. The summed E-state index contributed by atoms with van der Waals surface area (Å²) in [5, 5.41) is 0. The third-order valence-electron chi connectivity index (χ3n) is 5.44. The Morgan fingerprint density at radius 2 is 0.826 bits per heavy atom. The first-order valence-electron chi connectivity index (χ1n) is 9.96. The summed E-state index contributed by atoms with van der Waals surface area (Å²) in [6.45, 7) is 23.3. The molecular formula is C22H48Cu. The Bertz CT molecular complexity index is 205. The Labute approximate surface area is 160 Å². The summed E-state index contributed by atoms with van der Waals surface area (Å²) in [5.74, 6) is 1.74. The molecule has 2 atom stereocenters. The Morgan fingerprint density at radius 1 is 0.565 bits per heavy atom. The summed E-state index contributed by atoms with van der Waals surface area (Å²) in [6.07, 6.45) is 11.1. The predicted molar refractivity (Wildman–Crippen MR) is 106 cm³/mol. The largest absolute Gasteiger partial charge is 0.0654 e. The van der Waals surface area contributed by atoms with Crippen LogP contribution in [0.25, 0.3) is 0 Å². The van der Waals surface area contributed by atoms with Crippen molar-refractivity contribution in [3.8, 4) is 0 Å². The van der Waals surface area contributed by atoms with Crippen molar-refractivity contribution >= 4 is 0 Å². The van der Waals surface area contributed by atoms with E-state index in [1.54, 1.807) is 0 Å². The molecule has 0 aromatic carbocycles. The number of hydrogen-bond donors (Lipinski definition) is 0. The van der Waals surface area contributed by atoms with E-state index in [1.807, 2.05) is 0 Å². The minimum absolute atomic E-state index is 0. The normalized spacial score (nSPS) is 14.3. The van der Waals surface area contributed by atoms with Gasteiger partial charge in [0, 0.05) is 17.1 Å². The monoisotopic (exact) mass is 375 g/mol. The van der Waals surface area contributed by atoms with Gasteiger partial charge >= 0.3 is 0 Å². The molecule has 1 heteroatoms. The van der Waals surface area contributed by atoms with Gasteiger partial charge in [-0.05, 0) is 22.7 Å². The summed E-state index contributed by atoms with van der Waals surface area (Å²) in [6, 6.07) is 0. The maximum atomic E-state index is 2.37. The molecule has 0 aliphatic carbocycles. The van der Waals surface area contributed by atoms with E-state index < -0.39 is 0 Å². The second kappa shape index (κ2) is 14.8. The zero-order valence-electron chi connectivity index (χ0n) is 18.1. The molecule has 0 aromatic rings. The molecule has 0 aromatic heterocycles. The third-order valence-corrected chi connectivity index (χ3v) is 5.44. The molecule has 0 aliphatic rings. The summed E-state index contributed by atoms with van der Waals surface area (Å²) < 4.78 is 0. The number of unbranched alkanes of at least 4 members (excludes halogenated alkanes) is 4. The van der Waals surface area contributed by atoms with Crippen molar-refractivity contribution in [3.05, 3.63) is 0 Å². The van der Waals surface area contributed by atoms with Crippen LogP contribution < -0.4 is 0 Å². The maximum absolute atomic E-state index is 2.37. The van der Waals surface area contributed by atoms with E-state index in [4.69, 9.17) is 0 Å². The Morgan fingerprint density at radius 3 is 1.00 bits per heavy atom. The zero-order chi connectivity index (χ0) is 17.8. The first-order valence-corrected chi connectivity index (χ1v) is 9.96. The molecule has 0 heterocycles. The van der Waals surface area contributed by atoms with Crippen molar-refractivity contribution in [2.75, 3.05) is 0 Å². The van der Waals surface area contributed by atoms with Crippen LogP contribution in [0.2, 0.25) is 0 Å². The Balaban J connectivity index is -0.000000333. The quantitative estimate of drug-likeness (QED) is 0.294. The maximum Gasteiger partial charge on any atom is 0 e. The van der Waals surface area contributed by atoms with Gasteiger partial charge in [-0.15, -0.1) is 0 Å². The van der Waals surface area contributed by atoms with Gasteiger partial charge in [-0.3, -0.25) is 0 Å². The van der Waals surface area contributed by atoms with E-state index >= 15 is 0 Å². The fourth-order valence-corrected chi connectivity index (χ4v) is 2.27. The first kappa shape index (κ1) is 28.3. The molecule has 0 spiro atoms. The van der Waals surface area contributed by atoms with Crippen LogP contribution in [-0.2, 0) is 17.1 Å². The van der Waals surface area contributed by atoms with E-state index in [0.717, 1.165) is 11.8 Å². The molecule has 0 rings (SSSR count). The van der Waals surface area contributed by atoms with Gasteiger partial charge in [0.2, 0.25) is 0 Å². The van der Waals surface area contributed by atoms with Crippen LogP contribution in [0.5, 0.6) is 0 Å². The van der Waals surface area contributed by atoms with E-state index in [-0.39, 0.29) is 17.1 Å². The van der Waals surface area contributed by atoms with Gasteiger partial charge in [0.25, 0.3) is 0 Å². The first-order chi connectivity index (χ1) is 9.96. The SMILES string of the molecule is CCCCCC(C)C(C)(C)C.CCCCCC(C)C(C)(C)C.[Cu]. The molecule has 0 bridgehead atoms. The summed E-state index contributed by atoms with van der Waals surface area (Å²) in [4.78, 5) is 0. The Hall–Kier alpha value is 0.519. The summed E-state index contributed by atoms with van der Waals surface area (Å²) in [7, 11) is 0. The fourth-order valence-electron chi connectivity index (χ4n) is 2.27. The zero-order valence-corrected chi connectivity index (χ0v) is 19.1. The van der Waals surface area contributed by atoms with Gasteiger partial charge in [-0.1, -0.05) is 121 Å². The molecule has 1 radical (unpaired) electrons. The number of rotatable bonds is 8.